The molecular formula is C17H23N3O. The van der Waals surface area contributed by atoms with Gasteiger partial charge in [0.25, 0.3) is 5.91 Å². The van der Waals surface area contributed by atoms with Gasteiger partial charge in [0, 0.05) is 24.2 Å². The van der Waals surface area contributed by atoms with E-state index >= 15 is 0 Å². The molecular weight excluding hydrogens is 262 g/mol. The highest BCUT2D eigenvalue weighted by molar-refractivity contribution is 5.99. The van der Waals surface area contributed by atoms with E-state index in [9.17, 15) is 4.79 Å². The van der Waals surface area contributed by atoms with Crippen molar-refractivity contribution in [2.45, 2.75) is 33.7 Å². The third kappa shape index (κ3) is 3.32. The van der Waals surface area contributed by atoms with Crippen LogP contribution in [0.3, 0.4) is 0 Å². The highest BCUT2D eigenvalue weighted by Crippen LogP contribution is 2.23. The highest BCUT2D eigenvalue weighted by atomic mass is 16.1. The van der Waals surface area contributed by atoms with Crippen molar-refractivity contribution in [2.75, 3.05) is 12.4 Å². The van der Waals surface area contributed by atoms with Crippen LogP contribution in [0.25, 0.3) is 10.9 Å². The first-order valence-electron chi connectivity index (χ1n) is 7.21. The lowest BCUT2D eigenvalue weighted by atomic mass is 9.88. The van der Waals surface area contributed by atoms with Crippen molar-refractivity contribution in [2.24, 2.45) is 5.41 Å². The average molecular weight is 285 g/mol. The van der Waals surface area contributed by atoms with Gasteiger partial charge in [0.2, 0.25) is 0 Å². The van der Waals surface area contributed by atoms with E-state index in [-0.39, 0.29) is 17.4 Å². The van der Waals surface area contributed by atoms with Crippen LogP contribution in [-0.4, -0.2) is 24.0 Å². The first-order valence-corrected chi connectivity index (χ1v) is 7.21. The summed E-state index contributed by atoms with van der Waals surface area (Å²) < 4.78 is 0. The fourth-order valence-corrected chi connectivity index (χ4v) is 1.99. The number of fused-ring (bicyclic) bond motifs is 1. The Balaban J connectivity index is 2.36. The Bertz CT molecular complexity index is 659. The Morgan fingerprint density at radius 2 is 1.90 bits per heavy atom. The molecule has 2 rings (SSSR count). The van der Waals surface area contributed by atoms with Gasteiger partial charge >= 0.3 is 0 Å². The summed E-state index contributed by atoms with van der Waals surface area (Å²) in [7, 11) is 1.85. The molecule has 0 fully saturated rings. The molecule has 0 aliphatic heterocycles. The molecule has 1 aromatic heterocycles. The largest absolute Gasteiger partial charge is 0.388 e. The van der Waals surface area contributed by atoms with Crippen molar-refractivity contribution in [3.05, 3.63) is 36.0 Å². The molecule has 1 unspecified atom stereocenters. The lowest BCUT2D eigenvalue weighted by Crippen LogP contribution is -2.41. The minimum Gasteiger partial charge on any atom is -0.388 e. The fraction of sp³-hybridized carbons (Fsp3) is 0.412. The number of hydrogen-bond acceptors (Lipinski definition) is 3. The SMILES string of the molecule is CNc1cc(C(=O)NC(C)C(C)(C)C)nc2ccccc12. The molecule has 21 heavy (non-hydrogen) atoms. The minimum absolute atomic E-state index is 0.0122. The Hall–Kier alpha value is -2.10. The zero-order valence-corrected chi connectivity index (χ0v) is 13.3. The normalized spacial score (nSPS) is 13.0. The smallest absolute Gasteiger partial charge is 0.270 e. The molecule has 4 nitrogen and oxygen atoms in total. The van der Waals surface area contributed by atoms with Crippen LogP contribution >= 0.6 is 0 Å². The summed E-state index contributed by atoms with van der Waals surface area (Å²) in [6.07, 6.45) is 0. The van der Waals surface area contributed by atoms with E-state index in [1.165, 1.54) is 0 Å². The number of aromatic nitrogens is 1. The van der Waals surface area contributed by atoms with Crippen molar-refractivity contribution < 1.29 is 4.79 Å². The molecule has 1 amide bonds. The van der Waals surface area contributed by atoms with Gasteiger partial charge in [-0.3, -0.25) is 4.79 Å². The highest BCUT2D eigenvalue weighted by Gasteiger charge is 2.23. The monoisotopic (exact) mass is 285 g/mol. The maximum Gasteiger partial charge on any atom is 0.270 e. The molecule has 1 aromatic carbocycles. The number of rotatable bonds is 3. The fourth-order valence-electron chi connectivity index (χ4n) is 1.99. The minimum atomic E-state index is -0.139. The van der Waals surface area contributed by atoms with Gasteiger partial charge in [-0.05, 0) is 24.5 Å². The molecule has 0 saturated heterocycles. The molecule has 112 valence electrons. The summed E-state index contributed by atoms with van der Waals surface area (Å²) >= 11 is 0. The second-order valence-corrected chi connectivity index (χ2v) is 6.38. The molecule has 4 heteroatoms. The van der Waals surface area contributed by atoms with E-state index in [0.29, 0.717) is 5.69 Å². The molecule has 0 bridgehead atoms. The first kappa shape index (κ1) is 15.3. The Labute approximate surface area is 126 Å². The van der Waals surface area contributed by atoms with Crippen LogP contribution in [0, 0.1) is 5.41 Å². The number of amides is 1. The van der Waals surface area contributed by atoms with Gasteiger partial charge < -0.3 is 10.6 Å². The van der Waals surface area contributed by atoms with E-state index in [1.54, 1.807) is 6.07 Å². The zero-order valence-electron chi connectivity index (χ0n) is 13.3. The van der Waals surface area contributed by atoms with Crippen LogP contribution in [0.15, 0.2) is 30.3 Å². The Kier molecular flexibility index (Phi) is 4.16. The number of carbonyl (C=O) groups is 1. The number of hydrogen-bond donors (Lipinski definition) is 2. The number of benzene rings is 1. The van der Waals surface area contributed by atoms with Crippen LogP contribution in [-0.2, 0) is 0 Å². The molecule has 2 N–H and O–H groups in total. The predicted octanol–water partition coefficient (Wildman–Crippen LogP) is 3.44. The zero-order chi connectivity index (χ0) is 15.6. The van der Waals surface area contributed by atoms with Gasteiger partial charge in [-0.15, -0.1) is 0 Å². The summed E-state index contributed by atoms with van der Waals surface area (Å²) in [6, 6.07) is 9.66. The number of carbonyl (C=O) groups excluding carboxylic acids is 1. The van der Waals surface area contributed by atoms with E-state index in [4.69, 9.17) is 0 Å². The van der Waals surface area contributed by atoms with Crippen LogP contribution < -0.4 is 10.6 Å². The molecule has 2 aromatic rings. The molecule has 0 saturated carbocycles. The molecule has 0 aliphatic carbocycles. The summed E-state index contributed by atoms with van der Waals surface area (Å²) in [5.74, 6) is -0.139. The summed E-state index contributed by atoms with van der Waals surface area (Å²) in [5, 5.41) is 7.17. The lowest BCUT2D eigenvalue weighted by Gasteiger charge is -2.28. The second kappa shape index (κ2) is 5.72. The van der Waals surface area contributed by atoms with E-state index < -0.39 is 0 Å². The van der Waals surface area contributed by atoms with Crippen molar-refractivity contribution in [3.8, 4) is 0 Å². The number of nitrogens with zero attached hydrogens (tertiary/aromatic N) is 1. The molecule has 0 radical (unpaired) electrons. The van der Waals surface area contributed by atoms with Gasteiger partial charge in [0.15, 0.2) is 0 Å². The average Bonchev–Trinajstić information content (AvgIpc) is 2.44. The first-order chi connectivity index (χ1) is 9.82. The summed E-state index contributed by atoms with van der Waals surface area (Å²) in [4.78, 5) is 16.9. The standard InChI is InChI=1S/C17H23N3O/c1-11(17(2,3)4)19-16(21)15-10-14(18-5)12-8-6-7-9-13(12)20-15/h6-11H,1-5H3,(H,18,20)(H,19,21). The maximum atomic E-state index is 12.4. The van der Waals surface area contributed by atoms with Gasteiger partial charge in [-0.2, -0.15) is 0 Å². The number of para-hydroxylation sites is 1. The van der Waals surface area contributed by atoms with Crippen LogP contribution in [0.4, 0.5) is 5.69 Å². The second-order valence-electron chi connectivity index (χ2n) is 6.38. The third-order valence-corrected chi connectivity index (χ3v) is 3.86. The lowest BCUT2D eigenvalue weighted by molar-refractivity contribution is 0.0905. The van der Waals surface area contributed by atoms with Crippen LogP contribution in [0.1, 0.15) is 38.2 Å². The molecule has 1 heterocycles. The number of anilines is 1. The van der Waals surface area contributed by atoms with Gasteiger partial charge in [0.1, 0.15) is 5.69 Å². The van der Waals surface area contributed by atoms with Crippen molar-refractivity contribution in [3.63, 3.8) is 0 Å². The summed E-state index contributed by atoms with van der Waals surface area (Å²) in [5.41, 5.74) is 2.18. The molecule has 0 spiro atoms. The quantitative estimate of drug-likeness (QED) is 0.908. The predicted molar refractivity (Wildman–Crippen MR) is 87.7 cm³/mol. The summed E-state index contributed by atoms with van der Waals surface area (Å²) in [6.45, 7) is 8.32. The third-order valence-electron chi connectivity index (χ3n) is 3.86. The van der Waals surface area contributed by atoms with Crippen molar-refractivity contribution >= 4 is 22.5 Å². The van der Waals surface area contributed by atoms with E-state index in [1.807, 2.05) is 38.2 Å². The number of nitrogens with one attached hydrogen (secondary N) is 2. The van der Waals surface area contributed by atoms with Gasteiger partial charge in [-0.25, -0.2) is 4.98 Å². The Morgan fingerprint density at radius 3 is 2.52 bits per heavy atom. The van der Waals surface area contributed by atoms with Gasteiger partial charge in [0.05, 0.1) is 5.52 Å². The van der Waals surface area contributed by atoms with Crippen LogP contribution in [0.2, 0.25) is 0 Å². The topological polar surface area (TPSA) is 54.0 Å². The molecule has 1 atom stereocenters. The van der Waals surface area contributed by atoms with Crippen LogP contribution in [0.5, 0.6) is 0 Å². The number of pyridine rings is 1. The van der Waals surface area contributed by atoms with E-state index in [0.717, 1.165) is 16.6 Å². The van der Waals surface area contributed by atoms with Gasteiger partial charge in [-0.1, -0.05) is 39.0 Å². The Morgan fingerprint density at radius 1 is 1.24 bits per heavy atom. The maximum absolute atomic E-state index is 12.4. The van der Waals surface area contributed by atoms with Crippen molar-refractivity contribution in [1.82, 2.24) is 10.3 Å². The van der Waals surface area contributed by atoms with E-state index in [2.05, 4.69) is 36.4 Å². The van der Waals surface area contributed by atoms with Crippen molar-refractivity contribution in [1.29, 1.82) is 0 Å². The molecule has 0 aliphatic rings.